The molecule has 92 valence electrons. The van der Waals surface area contributed by atoms with Crippen LogP contribution in [0.25, 0.3) is 0 Å². The van der Waals surface area contributed by atoms with Gasteiger partial charge in [0.05, 0.1) is 17.2 Å². The van der Waals surface area contributed by atoms with Gasteiger partial charge in [0.1, 0.15) is 5.82 Å². The van der Waals surface area contributed by atoms with Gasteiger partial charge < -0.3 is 10.1 Å². The number of anilines is 1. The molecule has 0 aliphatic rings. The summed E-state index contributed by atoms with van der Waals surface area (Å²) in [6, 6.07) is 6.11. The lowest BCUT2D eigenvalue weighted by atomic mass is 10.1. The summed E-state index contributed by atoms with van der Waals surface area (Å²) in [5.41, 5.74) is 0.574. The fourth-order valence-corrected chi connectivity index (χ4v) is 1.51. The molecule has 0 fully saturated rings. The normalized spacial score (nSPS) is 11.0. The molecule has 1 N–H and O–H groups in total. The van der Waals surface area contributed by atoms with Gasteiger partial charge in [0.2, 0.25) is 0 Å². The Morgan fingerprint density at radius 1 is 1.41 bits per heavy atom. The molecule has 0 radical (unpaired) electrons. The van der Waals surface area contributed by atoms with E-state index in [0.717, 1.165) is 0 Å². The molecule has 0 aliphatic heterocycles. The fourth-order valence-electron chi connectivity index (χ4n) is 1.51. The Balaban J connectivity index is 2.70. The van der Waals surface area contributed by atoms with Crippen molar-refractivity contribution in [2.45, 2.75) is 26.4 Å². The fraction of sp³-hybridized carbons (Fsp3) is 0.462. The molecule has 1 aromatic carbocycles. The highest BCUT2D eigenvalue weighted by molar-refractivity contribution is 5.49. The molecule has 0 heterocycles. The topological polar surface area (TPSA) is 45.0 Å². The van der Waals surface area contributed by atoms with Gasteiger partial charge in [-0.15, -0.1) is 0 Å². The minimum absolute atomic E-state index is 0.307. The van der Waals surface area contributed by atoms with Gasteiger partial charge in [-0.1, -0.05) is 0 Å². The van der Waals surface area contributed by atoms with Crippen LogP contribution in [0.15, 0.2) is 18.2 Å². The largest absolute Gasteiger partial charge is 0.382 e. The summed E-state index contributed by atoms with van der Waals surface area (Å²) >= 11 is 0. The standard InChI is InChI=1S/C13H17FN2O/c1-4-17-13(2,3)9-16-12-6-10(8-15)5-11(14)7-12/h5-7,16H,4,9H2,1-3H3. The van der Waals surface area contributed by atoms with E-state index < -0.39 is 5.82 Å². The second-order valence-corrected chi connectivity index (χ2v) is 4.39. The molecule has 0 bridgehead atoms. The van der Waals surface area contributed by atoms with Gasteiger partial charge in [0, 0.05) is 18.8 Å². The lowest BCUT2D eigenvalue weighted by Crippen LogP contribution is -2.33. The van der Waals surface area contributed by atoms with Crippen LogP contribution in [0.2, 0.25) is 0 Å². The molecule has 17 heavy (non-hydrogen) atoms. The minimum atomic E-state index is -0.416. The highest BCUT2D eigenvalue weighted by Crippen LogP contribution is 2.16. The molecule has 3 nitrogen and oxygen atoms in total. The molecule has 0 aromatic heterocycles. The summed E-state index contributed by atoms with van der Waals surface area (Å²) in [7, 11) is 0. The van der Waals surface area contributed by atoms with Crippen LogP contribution in [0, 0.1) is 17.1 Å². The highest BCUT2D eigenvalue weighted by atomic mass is 19.1. The first-order chi connectivity index (χ1) is 7.96. The van der Waals surface area contributed by atoms with Gasteiger partial charge in [-0.2, -0.15) is 5.26 Å². The van der Waals surface area contributed by atoms with Crippen molar-refractivity contribution in [1.29, 1.82) is 5.26 Å². The number of halogens is 1. The van der Waals surface area contributed by atoms with Crippen LogP contribution in [0.1, 0.15) is 26.3 Å². The molecular formula is C13H17FN2O. The minimum Gasteiger partial charge on any atom is -0.382 e. The average Bonchev–Trinajstić information content (AvgIpc) is 2.26. The lowest BCUT2D eigenvalue weighted by Gasteiger charge is -2.25. The van der Waals surface area contributed by atoms with Crippen LogP contribution < -0.4 is 5.32 Å². The third kappa shape index (κ3) is 4.41. The van der Waals surface area contributed by atoms with Crippen molar-refractivity contribution in [3.63, 3.8) is 0 Å². The Morgan fingerprint density at radius 2 is 2.12 bits per heavy atom. The van der Waals surface area contributed by atoms with E-state index in [0.29, 0.717) is 24.4 Å². The Morgan fingerprint density at radius 3 is 2.71 bits per heavy atom. The molecule has 1 rings (SSSR count). The van der Waals surface area contributed by atoms with E-state index in [-0.39, 0.29) is 5.60 Å². The number of nitrogens with zero attached hydrogens (tertiary/aromatic N) is 1. The Labute approximate surface area is 101 Å². The smallest absolute Gasteiger partial charge is 0.126 e. The Bertz CT molecular complexity index is 424. The predicted molar refractivity (Wildman–Crippen MR) is 65.3 cm³/mol. The number of rotatable bonds is 5. The molecule has 4 heteroatoms. The van der Waals surface area contributed by atoms with Gasteiger partial charge >= 0.3 is 0 Å². The first-order valence-corrected chi connectivity index (χ1v) is 5.55. The molecule has 0 unspecified atom stereocenters. The zero-order chi connectivity index (χ0) is 12.9. The van der Waals surface area contributed by atoms with Crippen LogP contribution in [-0.2, 0) is 4.74 Å². The second kappa shape index (κ2) is 5.65. The van der Waals surface area contributed by atoms with Crippen molar-refractivity contribution in [1.82, 2.24) is 0 Å². The van der Waals surface area contributed by atoms with Gasteiger partial charge in [-0.05, 0) is 39.0 Å². The Hall–Kier alpha value is -1.60. The molecule has 1 aromatic rings. The van der Waals surface area contributed by atoms with E-state index in [4.69, 9.17) is 10.00 Å². The zero-order valence-electron chi connectivity index (χ0n) is 10.4. The molecule has 0 amide bonds. The first-order valence-electron chi connectivity index (χ1n) is 5.55. The first kappa shape index (κ1) is 13.5. The number of hydrogen-bond acceptors (Lipinski definition) is 3. The monoisotopic (exact) mass is 236 g/mol. The van der Waals surface area contributed by atoms with Crippen molar-refractivity contribution in [2.75, 3.05) is 18.5 Å². The molecule has 0 aliphatic carbocycles. The number of nitriles is 1. The molecule has 0 saturated heterocycles. The molecule has 0 atom stereocenters. The van der Waals surface area contributed by atoms with Crippen molar-refractivity contribution >= 4 is 5.69 Å². The van der Waals surface area contributed by atoms with Crippen molar-refractivity contribution in [3.8, 4) is 6.07 Å². The Kier molecular flexibility index (Phi) is 4.47. The van der Waals surface area contributed by atoms with Gasteiger partial charge in [-0.3, -0.25) is 0 Å². The van der Waals surface area contributed by atoms with Gasteiger partial charge in [-0.25, -0.2) is 4.39 Å². The maximum absolute atomic E-state index is 13.2. The number of benzene rings is 1. The van der Waals surface area contributed by atoms with E-state index in [2.05, 4.69) is 5.32 Å². The van der Waals surface area contributed by atoms with Crippen LogP contribution in [0.3, 0.4) is 0 Å². The van der Waals surface area contributed by atoms with E-state index in [1.807, 2.05) is 26.8 Å². The van der Waals surface area contributed by atoms with E-state index in [1.165, 1.54) is 12.1 Å². The van der Waals surface area contributed by atoms with E-state index in [9.17, 15) is 4.39 Å². The highest BCUT2D eigenvalue weighted by Gasteiger charge is 2.17. The lowest BCUT2D eigenvalue weighted by molar-refractivity contribution is 0.000693. The van der Waals surface area contributed by atoms with Gasteiger partial charge in [0.15, 0.2) is 0 Å². The van der Waals surface area contributed by atoms with E-state index in [1.54, 1.807) is 6.07 Å². The SMILES string of the molecule is CCOC(C)(C)CNc1cc(F)cc(C#N)c1. The number of nitrogens with one attached hydrogen (secondary N) is 1. The summed E-state index contributed by atoms with van der Waals surface area (Å²) in [4.78, 5) is 0. The van der Waals surface area contributed by atoms with Crippen molar-refractivity contribution < 1.29 is 9.13 Å². The molecular weight excluding hydrogens is 219 g/mol. The van der Waals surface area contributed by atoms with Crippen molar-refractivity contribution in [2.24, 2.45) is 0 Å². The molecule has 0 saturated carbocycles. The summed E-state index contributed by atoms with van der Waals surface area (Å²) in [6.07, 6.45) is 0. The predicted octanol–water partition coefficient (Wildman–Crippen LogP) is 2.92. The number of ether oxygens (including phenoxy) is 1. The van der Waals surface area contributed by atoms with Crippen LogP contribution in [0.4, 0.5) is 10.1 Å². The van der Waals surface area contributed by atoms with Crippen molar-refractivity contribution in [3.05, 3.63) is 29.6 Å². The average molecular weight is 236 g/mol. The second-order valence-electron chi connectivity index (χ2n) is 4.39. The van der Waals surface area contributed by atoms with Gasteiger partial charge in [0.25, 0.3) is 0 Å². The van der Waals surface area contributed by atoms with E-state index >= 15 is 0 Å². The maximum Gasteiger partial charge on any atom is 0.126 e. The maximum atomic E-state index is 13.2. The third-order valence-corrected chi connectivity index (χ3v) is 2.28. The summed E-state index contributed by atoms with van der Waals surface area (Å²) in [5, 5.41) is 11.8. The summed E-state index contributed by atoms with van der Waals surface area (Å²) in [6.45, 7) is 7.01. The summed E-state index contributed by atoms with van der Waals surface area (Å²) < 4.78 is 18.7. The quantitative estimate of drug-likeness (QED) is 0.855. The van der Waals surface area contributed by atoms with Crippen LogP contribution in [-0.4, -0.2) is 18.8 Å². The number of hydrogen-bond donors (Lipinski definition) is 1. The zero-order valence-corrected chi connectivity index (χ0v) is 10.4. The molecule has 0 spiro atoms. The third-order valence-electron chi connectivity index (χ3n) is 2.28. The van der Waals surface area contributed by atoms with Crippen LogP contribution in [0.5, 0.6) is 0 Å². The van der Waals surface area contributed by atoms with Crippen LogP contribution >= 0.6 is 0 Å². The summed E-state index contributed by atoms with van der Waals surface area (Å²) in [5.74, 6) is -0.416.